The third-order valence-corrected chi connectivity index (χ3v) is 3.29. The summed E-state index contributed by atoms with van der Waals surface area (Å²) >= 11 is 1.47. The van der Waals surface area contributed by atoms with E-state index in [1.807, 2.05) is 11.5 Å². The van der Waals surface area contributed by atoms with Gasteiger partial charge in [-0.2, -0.15) is 0 Å². The van der Waals surface area contributed by atoms with Gasteiger partial charge in [-0.05, 0) is 31.2 Å². The van der Waals surface area contributed by atoms with E-state index in [-0.39, 0.29) is 5.82 Å². The fraction of sp³-hybridized carbons (Fsp3) is 0.231. The summed E-state index contributed by atoms with van der Waals surface area (Å²) in [5, 5.41) is 9.04. The second kappa shape index (κ2) is 5.69. The van der Waals surface area contributed by atoms with Crippen molar-refractivity contribution in [2.24, 2.45) is 0 Å². The maximum absolute atomic E-state index is 12.9. The first kappa shape index (κ1) is 12.7. The lowest BCUT2D eigenvalue weighted by molar-refractivity contribution is 0.627. The van der Waals surface area contributed by atoms with Gasteiger partial charge in [0.05, 0.1) is 5.75 Å². The molecule has 0 N–H and O–H groups in total. The lowest BCUT2D eigenvalue weighted by Gasteiger charge is -2.06. The molecule has 2 aromatic rings. The second-order valence-corrected chi connectivity index (χ2v) is 4.49. The number of rotatable bonds is 4. The molecule has 0 unspecified atom stereocenters. The Balaban J connectivity index is 2.36. The maximum Gasteiger partial charge on any atom is 0.192 e. The molecular formula is C13H12FN3S. The van der Waals surface area contributed by atoms with Crippen molar-refractivity contribution in [3.8, 4) is 23.7 Å². The number of hydrogen-bond donors (Lipinski definition) is 0. The minimum Gasteiger partial charge on any atom is -0.302 e. The first-order valence-electron chi connectivity index (χ1n) is 5.51. The molecule has 5 heteroatoms. The number of hydrogen-bond acceptors (Lipinski definition) is 3. The normalized spacial score (nSPS) is 10.3. The predicted molar refractivity (Wildman–Crippen MR) is 70.6 cm³/mol. The lowest BCUT2D eigenvalue weighted by atomic mass is 10.2. The van der Waals surface area contributed by atoms with E-state index in [1.165, 1.54) is 23.9 Å². The molecule has 92 valence electrons. The Morgan fingerprint density at radius 2 is 2.06 bits per heavy atom. The highest BCUT2D eigenvalue weighted by Gasteiger charge is 2.12. The van der Waals surface area contributed by atoms with Crippen LogP contribution in [-0.4, -0.2) is 20.5 Å². The van der Waals surface area contributed by atoms with E-state index in [4.69, 9.17) is 6.42 Å². The summed E-state index contributed by atoms with van der Waals surface area (Å²) in [4.78, 5) is 0. The molecule has 1 aromatic heterocycles. The molecule has 1 aromatic carbocycles. The van der Waals surface area contributed by atoms with Gasteiger partial charge in [0.1, 0.15) is 5.82 Å². The Morgan fingerprint density at radius 3 is 2.67 bits per heavy atom. The number of halogens is 1. The van der Waals surface area contributed by atoms with Crippen molar-refractivity contribution in [2.75, 3.05) is 5.75 Å². The van der Waals surface area contributed by atoms with Crippen LogP contribution >= 0.6 is 11.8 Å². The van der Waals surface area contributed by atoms with E-state index in [0.717, 1.165) is 23.1 Å². The smallest absolute Gasteiger partial charge is 0.192 e. The average Bonchev–Trinajstić information content (AvgIpc) is 2.80. The van der Waals surface area contributed by atoms with E-state index in [2.05, 4.69) is 16.1 Å². The van der Waals surface area contributed by atoms with Gasteiger partial charge in [-0.3, -0.25) is 0 Å². The van der Waals surface area contributed by atoms with Gasteiger partial charge in [-0.15, -0.1) is 16.6 Å². The summed E-state index contributed by atoms with van der Waals surface area (Å²) in [6.07, 6.45) is 5.23. The Morgan fingerprint density at radius 1 is 1.33 bits per heavy atom. The first-order chi connectivity index (χ1) is 8.76. The topological polar surface area (TPSA) is 30.7 Å². The van der Waals surface area contributed by atoms with Gasteiger partial charge >= 0.3 is 0 Å². The first-order valence-corrected chi connectivity index (χ1v) is 6.50. The summed E-state index contributed by atoms with van der Waals surface area (Å²) in [6, 6.07) is 6.22. The summed E-state index contributed by atoms with van der Waals surface area (Å²) in [5.74, 6) is 3.59. The molecule has 0 bridgehead atoms. The monoisotopic (exact) mass is 261 g/mol. The fourth-order valence-corrected chi connectivity index (χ4v) is 2.28. The molecule has 0 aliphatic rings. The third kappa shape index (κ3) is 2.54. The van der Waals surface area contributed by atoms with Gasteiger partial charge in [0.15, 0.2) is 11.0 Å². The lowest BCUT2D eigenvalue weighted by Crippen LogP contribution is -1.99. The number of nitrogens with zero attached hydrogens (tertiary/aromatic N) is 3. The largest absolute Gasteiger partial charge is 0.302 e. The zero-order valence-corrected chi connectivity index (χ0v) is 10.7. The molecular weight excluding hydrogens is 249 g/mol. The van der Waals surface area contributed by atoms with E-state index in [9.17, 15) is 4.39 Å². The predicted octanol–water partition coefficient (Wildman–Crippen LogP) is 2.83. The second-order valence-electron chi connectivity index (χ2n) is 3.55. The van der Waals surface area contributed by atoms with Crippen molar-refractivity contribution in [3.05, 3.63) is 30.1 Å². The minimum atomic E-state index is -0.261. The zero-order chi connectivity index (χ0) is 13.0. The van der Waals surface area contributed by atoms with Gasteiger partial charge in [-0.25, -0.2) is 4.39 Å². The van der Waals surface area contributed by atoms with Crippen LogP contribution < -0.4 is 0 Å². The molecule has 0 radical (unpaired) electrons. The van der Waals surface area contributed by atoms with Crippen molar-refractivity contribution >= 4 is 11.8 Å². The van der Waals surface area contributed by atoms with E-state index in [0.29, 0.717) is 5.75 Å². The quantitative estimate of drug-likeness (QED) is 0.626. The summed E-state index contributed by atoms with van der Waals surface area (Å²) < 4.78 is 14.9. The number of thioether (sulfide) groups is 1. The van der Waals surface area contributed by atoms with E-state index < -0.39 is 0 Å². The standard InChI is InChI=1S/C13H12FN3S/c1-3-9-18-13-16-15-12(17(13)4-2)10-5-7-11(14)8-6-10/h1,5-8H,4,9H2,2H3. The van der Waals surface area contributed by atoms with Gasteiger partial charge in [-0.1, -0.05) is 17.7 Å². The van der Waals surface area contributed by atoms with Crippen LogP contribution in [0.4, 0.5) is 4.39 Å². The molecule has 0 aliphatic heterocycles. The van der Waals surface area contributed by atoms with Crippen molar-refractivity contribution in [1.82, 2.24) is 14.8 Å². The van der Waals surface area contributed by atoms with Gasteiger partial charge in [0.25, 0.3) is 0 Å². The van der Waals surface area contributed by atoms with Gasteiger partial charge in [0, 0.05) is 12.1 Å². The highest BCUT2D eigenvalue weighted by Crippen LogP contribution is 2.23. The van der Waals surface area contributed by atoms with Crippen LogP contribution in [0.15, 0.2) is 29.4 Å². The molecule has 0 spiro atoms. The van der Waals surface area contributed by atoms with Crippen molar-refractivity contribution in [1.29, 1.82) is 0 Å². The van der Waals surface area contributed by atoms with Crippen LogP contribution in [-0.2, 0) is 6.54 Å². The third-order valence-electron chi connectivity index (χ3n) is 2.42. The summed E-state index contributed by atoms with van der Waals surface area (Å²) in [6.45, 7) is 2.75. The molecule has 0 saturated heterocycles. The Kier molecular flexibility index (Phi) is 4.00. The summed E-state index contributed by atoms with van der Waals surface area (Å²) in [5.41, 5.74) is 0.846. The van der Waals surface area contributed by atoms with E-state index in [1.54, 1.807) is 12.1 Å². The molecule has 2 rings (SSSR count). The van der Waals surface area contributed by atoms with Gasteiger partial charge in [0.2, 0.25) is 0 Å². The maximum atomic E-state index is 12.9. The molecule has 0 fully saturated rings. The number of benzene rings is 1. The average molecular weight is 261 g/mol. The fourth-order valence-electron chi connectivity index (χ4n) is 1.60. The van der Waals surface area contributed by atoms with Crippen molar-refractivity contribution < 1.29 is 4.39 Å². The van der Waals surface area contributed by atoms with E-state index >= 15 is 0 Å². The van der Waals surface area contributed by atoms with Crippen LogP contribution in [0.3, 0.4) is 0 Å². The molecule has 0 amide bonds. The van der Waals surface area contributed by atoms with Crippen LogP contribution in [0, 0.1) is 18.2 Å². The number of terminal acetylenes is 1. The highest BCUT2D eigenvalue weighted by atomic mass is 32.2. The molecule has 1 heterocycles. The highest BCUT2D eigenvalue weighted by molar-refractivity contribution is 7.99. The molecule has 0 atom stereocenters. The zero-order valence-electron chi connectivity index (χ0n) is 9.93. The van der Waals surface area contributed by atoms with Crippen LogP contribution in [0.5, 0.6) is 0 Å². The van der Waals surface area contributed by atoms with Crippen molar-refractivity contribution in [2.45, 2.75) is 18.6 Å². The molecule has 3 nitrogen and oxygen atoms in total. The van der Waals surface area contributed by atoms with Crippen LogP contribution in [0.1, 0.15) is 6.92 Å². The SMILES string of the molecule is C#CCSc1nnc(-c2ccc(F)cc2)n1CC. The molecule has 0 saturated carbocycles. The molecule has 0 aliphatic carbocycles. The van der Waals surface area contributed by atoms with Gasteiger partial charge < -0.3 is 4.57 Å². The number of aromatic nitrogens is 3. The van der Waals surface area contributed by atoms with Crippen molar-refractivity contribution in [3.63, 3.8) is 0 Å². The Bertz CT molecular complexity index is 569. The summed E-state index contributed by atoms with van der Waals surface area (Å²) in [7, 11) is 0. The molecule has 18 heavy (non-hydrogen) atoms. The minimum absolute atomic E-state index is 0.261. The Labute approximate surface area is 109 Å². The van der Waals surface area contributed by atoms with Crippen LogP contribution in [0.25, 0.3) is 11.4 Å². The Hall–Kier alpha value is -1.80. The van der Waals surface area contributed by atoms with Crippen LogP contribution in [0.2, 0.25) is 0 Å².